The number of aliphatic hydroxyl groups excluding tert-OH is 1. The van der Waals surface area contributed by atoms with E-state index in [2.05, 4.69) is 11.2 Å². The minimum absolute atomic E-state index is 0. The molecule has 1 rings (SSSR count). The highest BCUT2D eigenvalue weighted by Gasteiger charge is 2.41. The van der Waals surface area contributed by atoms with Crippen LogP contribution in [0.25, 0.3) is 0 Å². The molecule has 0 aliphatic rings. The molecule has 0 amide bonds. The highest BCUT2D eigenvalue weighted by molar-refractivity contribution is 7.57. The van der Waals surface area contributed by atoms with Crippen LogP contribution in [-0.2, 0) is 15.8 Å². The van der Waals surface area contributed by atoms with E-state index in [0.717, 1.165) is 5.56 Å². The molecule has 1 aromatic rings. The molecular weight excluding hydrogens is 338 g/mol. The van der Waals surface area contributed by atoms with Gasteiger partial charge in [-0.05, 0) is 5.56 Å². The van der Waals surface area contributed by atoms with Crippen molar-refractivity contribution in [3.63, 3.8) is 0 Å². The summed E-state index contributed by atoms with van der Waals surface area (Å²) in [7, 11) is -3.17. The number of aliphatic hydroxyl groups is 1. The van der Waals surface area contributed by atoms with Gasteiger partial charge in [0.1, 0.15) is 0 Å². The summed E-state index contributed by atoms with van der Waals surface area (Å²) in [6.07, 6.45) is 0.272. The van der Waals surface area contributed by atoms with E-state index in [0.29, 0.717) is 0 Å². The zero-order valence-electron chi connectivity index (χ0n) is 11.5. The summed E-state index contributed by atoms with van der Waals surface area (Å²) in [4.78, 5) is 10.5. The average Bonchev–Trinajstić information content (AvgIpc) is 2.36. The Bertz CT molecular complexity index is 476. The minimum atomic E-state index is -3.17. The molecule has 122 valence electrons. The standard InChI is InChI=1S/C12H19N2O4P.2ClH/c13-10(6-7-11(15)16)19(14,18)12(17)8-9-4-2-1-3-5-9;;/h1-5,10,12,17H,6-8,13H2,(H2,14,18)(H,15,16);2*1H/t10-,12-,19?;;/m1../s1. The Labute approximate surface area is 136 Å². The number of carbonyl (C=O) groups is 1. The van der Waals surface area contributed by atoms with Gasteiger partial charge in [0.2, 0.25) is 0 Å². The molecule has 9 heteroatoms. The van der Waals surface area contributed by atoms with Crippen LogP contribution in [0.4, 0.5) is 0 Å². The van der Waals surface area contributed by atoms with Gasteiger partial charge >= 0.3 is 13.3 Å². The van der Waals surface area contributed by atoms with Crippen molar-refractivity contribution in [1.29, 1.82) is 0 Å². The van der Waals surface area contributed by atoms with E-state index in [-0.39, 0.29) is 44.1 Å². The number of halogens is 2. The van der Waals surface area contributed by atoms with Gasteiger partial charge in [0.05, 0.1) is 6.42 Å². The molecule has 21 heavy (non-hydrogen) atoms. The second kappa shape index (κ2) is 10.2. The van der Waals surface area contributed by atoms with Crippen molar-refractivity contribution in [3.05, 3.63) is 35.9 Å². The van der Waals surface area contributed by atoms with Crippen LogP contribution in [0.5, 0.6) is 0 Å². The minimum Gasteiger partial charge on any atom is -1.00 e. The summed E-state index contributed by atoms with van der Waals surface area (Å²) >= 11 is 0. The molecule has 0 saturated heterocycles. The maximum Gasteiger partial charge on any atom is 0.325 e. The van der Waals surface area contributed by atoms with Crippen molar-refractivity contribution in [2.75, 3.05) is 0 Å². The van der Waals surface area contributed by atoms with Crippen molar-refractivity contribution in [3.8, 4) is 0 Å². The van der Waals surface area contributed by atoms with Crippen LogP contribution in [0.1, 0.15) is 18.4 Å². The van der Waals surface area contributed by atoms with E-state index < -0.39 is 24.9 Å². The molecule has 0 aromatic heterocycles. The number of benzene rings is 1. The van der Waals surface area contributed by atoms with Gasteiger partial charge in [-0.1, -0.05) is 30.3 Å². The first kappa shape index (κ1) is 22.7. The van der Waals surface area contributed by atoms with Crippen LogP contribution in [-0.4, -0.2) is 27.8 Å². The molecule has 0 bridgehead atoms. The van der Waals surface area contributed by atoms with Gasteiger partial charge in [-0.25, -0.2) is 4.57 Å². The summed E-state index contributed by atoms with van der Waals surface area (Å²) in [5.41, 5.74) is 8.15. The Morgan fingerprint density at radius 3 is 2.24 bits per heavy atom. The topological polar surface area (TPSA) is 130 Å². The smallest absolute Gasteiger partial charge is 0.325 e. The fourth-order valence-corrected chi connectivity index (χ4v) is 3.30. The number of carboxylic acid groups (broad SMARTS) is 1. The van der Waals surface area contributed by atoms with Gasteiger partial charge in [0, 0.05) is 12.8 Å². The lowest BCUT2D eigenvalue weighted by Gasteiger charge is -2.19. The van der Waals surface area contributed by atoms with Crippen molar-refractivity contribution in [2.45, 2.75) is 30.9 Å². The summed E-state index contributed by atoms with van der Waals surface area (Å²) in [6, 6.07) is 9.19. The largest absolute Gasteiger partial charge is 1.00 e. The van der Waals surface area contributed by atoms with Crippen LogP contribution in [0.15, 0.2) is 30.3 Å². The third-order valence-corrected chi connectivity index (χ3v) is 5.76. The van der Waals surface area contributed by atoms with E-state index in [1.807, 2.05) is 30.3 Å². The normalized spacial score (nSPS) is 15.8. The molecule has 0 heterocycles. The van der Waals surface area contributed by atoms with E-state index >= 15 is 0 Å². The Balaban J connectivity index is 0. The SMILES string of the molecule is [Cl-].[Cl-].[NH3+][C@@H](CCC(=O)O)P([NH3+])(=O)[C@@H](O)Cc1ccccc1. The Morgan fingerprint density at radius 1 is 1.24 bits per heavy atom. The molecule has 0 spiro atoms. The molecular formula is C12H21Cl2N2O4P. The van der Waals surface area contributed by atoms with Crippen LogP contribution < -0.4 is 36.1 Å². The van der Waals surface area contributed by atoms with E-state index in [9.17, 15) is 14.5 Å². The Hall–Kier alpha value is -0.620. The van der Waals surface area contributed by atoms with Gasteiger partial charge in [0.25, 0.3) is 0 Å². The van der Waals surface area contributed by atoms with Gasteiger partial charge in [0.15, 0.2) is 11.6 Å². The molecule has 3 atom stereocenters. The number of hydrogen-bond donors (Lipinski definition) is 4. The molecule has 0 aliphatic heterocycles. The lowest BCUT2D eigenvalue weighted by molar-refractivity contribution is -0.403. The summed E-state index contributed by atoms with van der Waals surface area (Å²) in [5, 5.41) is 18.7. The maximum absolute atomic E-state index is 12.4. The number of hydrogen-bond acceptors (Lipinski definition) is 3. The fraction of sp³-hybridized carbons (Fsp3) is 0.417. The van der Waals surface area contributed by atoms with Crippen LogP contribution >= 0.6 is 7.29 Å². The number of quaternary nitrogens is 2. The van der Waals surface area contributed by atoms with Crippen LogP contribution in [0.2, 0.25) is 0 Å². The third kappa shape index (κ3) is 7.27. The van der Waals surface area contributed by atoms with E-state index in [4.69, 9.17) is 5.11 Å². The zero-order valence-corrected chi connectivity index (χ0v) is 13.9. The second-order valence-electron chi connectivity index (χ2n) is 4.61. The predicted octanol–water partition coefficient (Wildman–Crippen LogP) is -6.49. The van der Waals surface area contributed by atoms with Crippen LogP contribution in [0, 0.1) is 0 Å². The average molecular weight is 359 g/mol. The maximum atomic E-state index is 12.4. The van der Waals surface area contributed by atoms with Gasteiger partial charge < -0.3 is 46.3 Å². The predicted molar refractivity (Wildman–Crippen MR) is 70.2 cm³/mol. The third-order valence-electron chi connectivity index (χ3n) is 3.08. The summed E-state index contributed by atoms with van der Waals surface area (Å²) in [6.45, 7) is 0. The molecule has 1 unspecified atom stereocenters. The molecule has 0 radical (unpaired) electrons. The Kier molecular flexibility index (Phi) is 11.0. The van der Waals surface area contributed by atoms with Crippen molar-refractivity contribution in [1.82, 2.24) is 0 Å². The summed E-state index contributed by atoms with van der Waals surface area (Å²) < 4.78 is 12.4. The fourth-order valence-electron chi connectivity index (χ4n) is 1.73. The molecule has 1 aromatic carbocycles. The van der Waals surface area contributed by atoms with Crippen LogP contribution in [0.3, 0.4) is 0 Å². The quantitative estimate of drug-likeness (QED) is 0.361. The van der Waals surface area contributed by atoms with Crippen molar-refractivity contribution < 1.29 is 55.6 Å². The molecule has 0 saturated carbocycles. The number of rotatable bonds is 7. The van der Waals surface area contributed by atoms with Crippen molar-refractivity contribution >= 4 is 13.3 Å². The first-order valence-corrected chi connectivity index (χ1v) is 8.07. The highest BCUT2D eigenvalue weighted by atomic mass is 35.5. The lowest BCUT2D eigenvalue weighted by Crippen LogP contribution is -3.00. The summed E-state index contributed by atoms with van der Waals surface area (Å²) in [5.74, 6) is -2.71. The molecule has 0 aliphatic carbocycles. The van der Waals surface area contributed by atoms with Gasteiger partial charge in [-0.2, -0.15) is 0 Å². The van der Waals surface area contributed by atoms with Crippen molar-refractivity contribution in [2.24, 2.45) is 0 Å². The highest BCUT2D eigenvalue weighted by Crippen LogP contribution is 2.43. The monoisotopic (exact) mass is 358 g/mol. The number of carboxylic acids is 1. The number of aliphatic carboxylic acids is 1. The first-order chi connectivity index (χ1) is 8.84. The van der Waals surface area contributed by atoms with Gasteiger partial charge in [-0.3, -0.25) is 4.79 Å². The van der Waals surface area contributed by atoms with Gasteiger partial charge in [-0.15, -0.1) is 0 Å². The second-order valence-corrected chi connectivity index (χ2v) is 7.65. The molecule has 6 nitrogen and oxygen atoms in total. The first-order valence-electron chi connectivity index (χ1n) is 6.04. The lowest BCUT2D eigenvalue weighted by atomic mass is 10.2. The van der Waals surface area contributed by atoms with E-state index in [1.165, 1.54) is 0 Å². The molecule has 8 N–H and O–H groups in total. The van der Waals surface area contributed by atoms with E-state index in [1.54, 1.807) is 0 Å². The molecule has 0 fully saturated rings. The Morgan fingerprint density at radius 2 is 1.76 bits per heavy atom. The zero-order chi connectivity index (χ0) is 14.5.